The van der Waals surface area contributed by atoms with E-state index in [-0.39, 0.29) is 23.6 Å². The summed E-state index contributed by atoms with van der Waals surface area (Å²) in [6.07, 6.45) is 1.63. The molecule has 2 aromatic heterocycles. The average Bonchev–Trinajstić information content (AvgIpc) is 2.94. The Morgan fingerprint density at radius 1 is 1.22 bits per heavy atom. The summed E-state index contributed by atoms with van der Waals surface area (Å²) in [5.41, 5.74) is -0.0650. The van der Waals surface area contributed by atoms with Crippen LogP contribution in [0.15, 0.2) is 42.6 Å². The van der Waals surface area contributed by atoms with Gasteiger partial charge in [0.25, 0.3) is 0 Å². The molecule has 118 valence electrons. The van der Waals surface area contributed by atoms with E-state index >= 15 is 0 Å². The molecule has 7 nitrogen and oxygen atoms in total. The predicted molar refractivity (Wildman–Crippen MR) is 81.1 cm³/mol. The van der Waals surface area contributed by atoms with Crippen LogP contribution in [-0.4, -0.2) is 32.7 Å². The van der Waals surface area contributed by atoms with Gasteiger partial charge in [0, 0.05) is 6.20 Å². The molecule has 0 saturated carbocycles. The molecule has 0 bridgehead atoms. The van der Waals surface area contributed by atoms with Crippen molar-refractivity contribution in [2.24, 2.45) is 0 Å². The molecule has 3 rings (SSSR count). The van der Waals surface area contributed by atoms with Crippen LogP contribution in [0.5, 0.6) is 17.2 Å². The fourth-order valence-electron chi connectivity index (χ4n) is 2.25. The molecule has 0 amide bonds. The lowest BCUT2D eigenvalue weighted by molar-refractivity contribution is 0.0692. The second kappa shape index (κ2) is 5.88. The first kappa shape index (κ1) is 14.7. The normalized spacial score (nSPS) is 10.7. The maximum Gasteiger partial charge on any atom is 0.356 e. The number of hydrogen-bond acceptors (Lipinski definition) is 5. The highest BCUT2D eigenvalue weighted by Gasteiger charge is 2.19. The van der Waals surface area contributed by atoms with E-state index in [1.165, 1.54) is 10.5 Å². The zero-order chi connectivity index (χ0) is 16.4. The number of pyridine rings is 1. The van der Waals surface area contributed by atoms with E-state index in [4.69, 9.17) is 9.47 Å². The smallest absolute Gasteiger partial charge is 0.356 e. The molecule has 2 heterocycles. The van der Waals surface area contributed by atoms with Gasteiger partial charge in [-0.05, 0) is 36.4 Å². The molecule has 0 saturated heterocycles. The van der Waals surface area contributed by atoms with Gasteiger partial charge in [0.1, 0.15) is 29.4 Å². The molecule has 7 heteroatoms. The van der Waals surface area contributed by atoms with E-state index in [0.29, 0.717) is 17.3 Å². The number of aromatic nitrogens is 2. The Hall–Kier alpha value is -3.22. The zero-order valence-corrected chi connectivity index (χ0v) is 12.3. The van der Waals surface area contributed by atoms with Gasteiger partial charge < -0.3 is 19.7 Å². The summed E-state index contributed by atoms with van der Waals surface area (Å²) in [5, 5.41) is 19.1. The number of carboxylic acids is 1. The van der Waals surface area contributed by atoms with Crippen molar-refractivity contribution < 1.29 is 24.5 Å². The van der Waals surface area contributed by atoms with Crippen molar-refractivity contribution in [1.29, 1.82) is 0 Å². The number of rotatable bonds is 5. The zero-order valence-electron chi connectivity index (χ0n) is 12.3. The Morgan fingerprint density at radius 2 is 1.91 bits per heavy atom. The van der Waals surface area contributed by atoms with Gasteiger partial charge in [0.05, 0.1) is 7.11 Å². The quantitative estimate of drug-likeness (QED) is 0.751. The Bertz CT molecular complexity index is 855. The van der Waals surface area contributed by atoms with Crippen LogP contribution in [0.2, 0.25) is 0 Å². The first-order chi connectivity index (χ1) is 11.1. The van der Waals surface area contributed by atoms with Crippen LogP contribution in [0.4, 0.5) is 0 Å². The molecular formula is C16H14N2O5. The lowest BCUT2D eigenvalue weighted by Crippen LogP contribution is -2.01. The fourth-order valence-corrected chi connectivity index (χ4v) is 2.25. The fraction of sp³-hybridized carbons (Fsp3) is 0.125. The highest BCUT2D eigenvalue weighted by molar-refractivity contribution is 5.95. The van der Waals surface area contributed by atoms with Crippen molar-refractivity contribution in [2.45, 2.75) is 6.61 Å². The van der Waals surface area contributed by atoms with Gasteiger partial charge in [-0.15, -0.1) is 0 Å². The molecule has 0 radical (unpaired) electrons. The Kier molecular flexibility index (Phi) is 3.76. The number of fused-ring (bicyclic) bond motifs is 1. The second-order valence-electron chi connectivity index (χ2n) is 4.76. The summed E-state index contributed by atoms with van der Waals surface area (Å²) < 4.78 is 12.2. The van der Waals surface area contributed by atoms with Crippen LogP contribution >= 0.6 is 0 Å². The number of imidazole rings is 1. The van der Waals surface area contributed by atoms with E-state index in [1.54, 1.807) is 43.6 Å². The molecule has 0 aliphatic rings. The largest absolute Gasteiger partial charge is 0.506 e. The van der Waals surface area contributed by atoms with Gasteiger partial charge in [0.2, 0.25) is 0 Å². The number of aromatic carboxylic acids is 1. The maximum atomic E-state index is 11.3. The van der Waals surface area contributed by atoms with Crippen molar-refractivity contribution in [3.05, 3.63) is 54.1 Å². The highest BCUT2D eigenvalue weighted by atomic mass is 16.5. The summed E-state index contributed by atoms with van der Waals surface area (Å²) in [7, 11) is 1.58. The highest BCUT2D eigenvalue weighted by Crippen LogP contribution is 2.24. The Morgan fingerprint density at radius 3 is 2.57 bits per heavy atom. The van der Waals surface area contributed by atoms with Gasteiger partial charge in [0.15, 0.2) is 11.5 Å². The van der Waals surface area contributed by atoms with Crippen LogP contribution in [0.1, 0.15) is 16.3 Å². The van der Waals surface area contributed by atoms with Gasteiger partial charge in [-0.25, -0.2) is 9.78 Å². The molecule has 23 heavy (non-hydrogen) atoms. The molecule has 0 unspecified atom stereocenters. The molecule has 2 N–H and O–H groups in total. The molecule has 0 spiro atoms. The lowest BCUT2D eigenvalue weighted by atomic mass is 10.3. The van der Waals surface area contributed by atoms with E-state index in [1.807, 2.05) is 0 Å². The average molecular weight is 314 g/mol. The first-order valence-electron chi connectivity index (χ1n) is 6.79. The van der Waals surface area contributed by atoms with Gasteiger partial charge >= 0.3 is 5.97 Å². The maximum absolute atomic E-state index is 11.3. The minimum atomic E-state index is -1.21. The monoisotopic (exact) mass is 314 g/mol. The van der Waals surface area contributed by atoms with Crippen LogP contribution < -0.4 is 9.47 Å². The minimum Gasteiger partial charge on any atom is -0.506 e. The number of hydrogen-bond donors (Lipinski definition) is 2. The predicted octanol–water partition coefficient (Wildman–Crippen LogP) is 2.33. The molecule has 0 aliphatic heterocycles. The topological polar surface area (TPSA) is 93.3 Å². The third-order valence-corrected chi connectivity index (χ3v) is 3.35. The first-order valence-corrected chi connectivity index (χ1v) is 6.79. The van der Waals surface area contributed by atoms with Crippen molar-refractivity contribution in [1.82, 2.24) is 9.38 Å². The van der Waals surface area contributed by atoms with Crippen molar-refractivity contribution >= 4 is 11.5 Å². The van der Waals surface area contributed by atoms with Crippen LogP contribution in [0.25, 0.3) is 5.52 Å². The number of methoxy groups -OCH3 is 1. The number of nitrogens with zero attached hydrogens (tertiary/aromatic N) is 2. The standard InChI is InChI=1S/C16H14N2O5/c1-22-10-4-6-11(7-5-10)23-9-13-17-14(16(20)21)15-12(19)3-2-8-18(13)15/h2-8,19H,9H2,1H3,(H,20,21). The van der Waals surface area contributed by atoms with Crippen LogP contribution in [0.3, 0.4) is 0 Å². The summed E-state index contributed by atoms with van der Waals surface area (Å²) in [4.78, 5) is 15.3. The number of ether oxygens (including phenoxy) is 2. The van der Waals surface area contributed by atoms with Gasteiger partial charge in [-0.2, -0.15) is 0 Å². The molecule has 0 fully saturated rings. The number of aromatic hydroxyl groups is 1. The van der Waals surface area contributed by atoms with E-state index < -0.39 is 5.97 Å². The SMILES string of the molecule is COc1ccc(OCc2nc(C(=O)O)c3c(O)cccn23)cc1. The summed E-state index contributed by atoms with van der Waals surface area (Å²) >= 11 is 0. The lowest BCUT2D eigenvalue weighted by Gasteiger charge is -2.06. The van der Waals surface area contributed by atoms with Crippen molar-refractivity contribution in [2.75, 3.05) is 7.11 Å². The minimum absolute atomic E-state index is 0.0598. The molecule has 0 aliphatic carbocycles. The van der Waals surface area contributed by atoms with Gasteiger partial charge in [-0.3, -0.25) is 4.40 Å². The van der Waals surface area contributed by atoms with Crippen LogP contribution in [0, 0.1) is 0 Å². The van der Waals surface area contributed by atoms with Crippen molar-refractivity contribution in [3.8, 4) is 17.2 Å². The molecule has 1 aromatic carbocycles. The van der Waals surface area contributed by atoms with E-state index in [2.05, 4.69) is 4.98 Å². The molecule has 3 aromatic rings. The third kappa shape index (κ3) is 2.76. The van der Waals surface area contributed by atoms with E-state index in [9.17, 15) is 15.0 Å². The summed E-state index contributed by atoms with van der Waals surface area (Å²) in [6.45, 7) is 0.0598. The van der Waals surface area contributed by atoms with Gasteiger partial charge in [-0.1, -0.05) is 0 Å². The summed E-state index contributed by atoms with van der Waals surface area (Å²) in [6, 6.07) is 10.0. The molecular weight excluding hydrogens is 300 g/mol. The van der Waals surface area contributed by atoms with E-state index in [0.717, 1.165) is 0 Å². The summed E-state index contributed by atoms with van der Waals surface area (Å²) in [5.74, 6) is 0.332. The number of carbonyl (C=O) groups is 1. The Balaban J connectivity index is 1.90. The number of carboxylic acid groups (broad SMARTS) is 1. The third-order valence-electron chi connectivity index (χ3n) is 3.35. The Labute approximate surface area is 131 Å². The molecule has 0 atom stereocenters. The van der Waals surface area contributed by atoms with Crippen LogP contribution in [-0.2, 0) is 6.61 Å². The number of benzene rings is 1. The second-order valence-corrected chi connectivity index (χ2v) is 4.76. The van der Waals surface area contributed by atoms with Crippen molar-refractivity contribution in [3.63, 3.8) is 0 Å².